The fourth-order valence-corrected chi connectivity index (χ4v) is 3.44. The van der Waals surface area contributed by atoms with Crippen LogP contribution in [-0.4, -0.2) is 34.0 Å². The van der Waals surface area contributed by atoms with Gasteiger partial charge in [-0.05, 0) is 39.5 Å². The summed E-state index contributed by atoms with van der Waals surface area (Å²) in [7, 11) is 0. The summed E-state index contributed by atoms with van der Waals surface area (Å²) in [5.74, 6) is 0.627. The van der Waals surface area contributed by atoms with Crippen LogP contribution < -0.4 is 0 Å². The van der Waals surface area contributed by atoms with Gasteiger partial charge in [0.05, 0.1) is 0 Å². The van der Waals surface area contributed by atoms with Crippen LogP contribution in [0.1, 0.15) is 33.6 Å². The zero-order valence-corrected chi connectivity index (χ0v) is 11.1. The van der Waals surface area contributed by atoms with E-state index < -0.39 is 0 Å². The Morgan fingerprint density at radius 3 is 2.47 bits per heavy atom. The van der Waals surface area contributed by atoms with Gasteiger partial charge in [-0.1, -0.05) is 15.9 Å². The van der Waals surface area contributed by atoms with Crippen LogP contribution in [0.15, 0.2) is 0 Å². The van der Waals surface area contributed by atoms with Crippen LogP contribution in [0, 0.1) is 5.92 Å². The highest BCUT2D eigenvalue weighted by atomic mass is 79.9. The summed E-state index contributed by atoms with van der Waals surface area (Å²) in [5.41, 5.74) is -0.388. The molecule has 3 nitrogen and oxygen atoms in total. The van der Waals surface area contributed by atoms with Crippen LogP contribution >= 0.6 is 15.9 Å². The fraction of sp³-hybridized carbons (Fsp3) is 0.909. The normalized spacial score (nSPS) is 34.7. The van der Waals surface area contributed by atoms with E-state index in [1.54, 1.807) is 0 Å². The first kappa shape index (κ1) is 11.2. The molecule has 1 saturated carbocycles. The van der Waals surface area contributed by atoms with Gasteiger partial charge in [-0.15, -0.1) is 0 Å². The maximum atomic E-state index is 11.9. The molecule has 86 valence electrons. The summed E-state index contributed by atoms with van der Waals surface area (Å²) in [4.78, 5) is 14.2. The predicted molar refractivity (Wildman–Crippen MR) is 62.2 cm³/mol. The van der Waals surface area contributed by atoms with Crippen LogP contribution in [-0.2, 0) is 4.74 Å². The van der Waals surface area contributed by atoms with Crippen molar-refractivity contribution in [2.24, 2.45) is 5.92 Å². The quantitative estimate of drug-likeness (QED) is 0.637. The van der Waals surface area contributed by atoms with Gasteiger partial charge < -0.3 is 9.64 Å². The number of carbonyl (C=O) groups excluding carboxylic acids is 1. The van der Waals surface area contributed by atoms with Gasteiger partial charge in [0.15, 0.2) is 0 Å². The lowest BCUT2D eigenvalue weighted by atomic mass is 10.1. The molecule has 1 heterocycles. The first-order valence-electron chi connectivity index (χ1n) is 5.52. The second-order valence-electron chi connectivity index (χ2n) is 5.48. The van der Waals surface area contributed by atoms with E-state index in [-0.39, 0.29) is 11.7 Å². The Bertz CT molecular complexity index is 274. The Morgan fingerprint density at radius 2 is 2.07 bits per heavy atom. The molecule has 0 radical (unpaired) electrons. The lowest BCUT2D eigenvalue weighted by Crippen LogP contribution is -2.42. The van der Waals surface area contributed by atoms with Crippen molar-refractivity contribution in [2.45, 2.75) is 50.1 Å². The molecule has 0 aromatic carbocycles. The number of nitrogens with zero attached hydrogens (tertiary/aromatic N) is 1. The zero-order chi connectivity index (χ0) is 11.2. The third-order valence-electron chi connectivity index (χ3n) is 3.11. The zero-order valence-electron chi connectivity index (χ0n) is 9.50. The summed E-state index contributed by atoms with van der Waals surface area (Å²) in [6.45, 7) is 6.58. The van der Waals surface area contributed by atoms with E-state index in [1.165, 1.54) is 6.42 Å². The SMILES string of the molecule is CC(C)(C)OC(=O)N1C[C@H]2CC[C@@H]1[C@@H]2Br. The van der Waals surface area contributed by atoms with Crippen molar-refractivity contribution in [3.63, 3.8) is 0 Å². The average Bonchev–Trinajstić information content (AvgIpc) is 2.59. The maximum absolute atomic E-state index is 11.9. The number of carbonyl (C=O) groups is 1. The molecule has 15 heavy (non-hydrogen) atoms. The predicted octanol–water partition coefficient (Wildman–Crippen LogP) is 2.78. The molecule has 1 aliphatic heterocycles. The van der Waals surface area contributed by atoms with Crippen molar-refractivity contribution in [2.75, 3.05) is 6.54 Å². The molecule has 3 atom stereocenters. The molecule has 2 bridgehead atoms. The third kappa shape index (κ3) is 2.14. The molecule has 4 heteroatoms. The van der Waals surface area contributed by atoms with Gasteiger partial charge in [0.2, 0.25) is 0 Å². The van der Waals surface area contributed by atoms with E-state index in [0.717, 1.165) is 13.0 Å². The van der Waals surface area contributed by atoms with Crippen LogP contribution in [0.5, 0.6) is 0 Å². The van der Waals surface area contributed by atoms with Crippen LogP contribution in [0.25, 0.3) is 0 Å². The number of amides is 1. The minimum absolute atomic E-state index is 0.154. The maximum Gasteiger partial charge on any atom is 0.410 e. The van der Waals surface area contributed by atoms with Gasteiger partial charge in [-0.2, -0.15) is 0 Å². The van der Waals surface area contributed by atoms with E-state index in [2.05, 4.69) is 15.9 Å². The smallest absolute Gasteiger partial charge is 0.410 e. The van der Waals surface area contributed by atoms with Gasteiger partial charge in [0, 0.05) is 17.4 Å². The fourth-order valence-electron chi connectivity index (χ4n) is 2.46. The lowest BCUT2D eigenvalue weighted by Gasteiger charge is -2.30. The third-order valence-corrected chi connectivity index (χ3v) is 4.47. The molecule has 0 aromatic rings. The number of piperidine rings is 1. The van der Waals surface area contributed by atoms with Crippen LogP contribution in [0.2, 0.25) is 0 Å². The Morgan fingerprint density at radius 1 is 1.40 bits per heavy atom. The topological polar surface area (TPSA) is 29.5 Å². The summed E-state index contributed by atoms with van der Waals surface area (Å²) < 4.78 is 5.39. The van der Waals surface area contributed by atoms with Gasteiger partial charge in [-0.3, -0.25) is 0 Å². The number of ether oxygens (including phenoxy) is 1. The van der Waals surface area contributed by atoms with Crippen molar-refractivity contribution in [3.05, 3.63) is 0 Å². The van der Waals surface area contributed by atoms with Gasteiger partial charge in [-0.25, -0.2) is 4.79 Å². The van der Waals surface area contributed by atoms with Crippen LogP contribution in [0.3, 0.4) is 0 Å². The molecule has 2 aliphatic rings. The Hall–Kier alpha value is -0.250. The number of rotatable bonds is 0. The molecule has 1 aliphatic carbocycles. The van der Waals surface area contributed by atoms with Crippen molar-refractivity contribution < 1.29 is 9.53 Å². The van der Waals surface area contributed by atoms with Gasteiger partial charge >= 0.3 is 6.09 Å². The monoisotopic (exact) mass is 275 g/mol. The number of hydrogen-bond acceptors (Lipinski definition) is 2. The van der Waals surface area contributed by atoms with Crippen molar-refractivity contribution in [3.8, 4) is 0 Å². The second kappa shape index (κ2) is 3.65. The first-order valence-corrected chi connectivity index (χ1v) is 6.44. The number of halogens is 1. The van der Waals surface area contributed by atoms with Gasteiger partial charge in [0.25, 0.3) is 0 Å². The van der Waals surface area contributed by atoms with E-state index in [0.29, 0.717) is 16.8 Å². The number of alkyl halides is 1. The average molecular weight is 276 g/mol. The van der Waals surface area contributed by atoms with Crippen molar-refractivity contribution >= 4 is 22.0 Å². The highest BCUT2D eigenvalue weighted by Gasteiger charge is 2.48. The number of fused-ring (bicyclic) bond motifs is 2. The summed E-state index contributed by atoms with van der Waals surface area (Å²) in [6.07, 6.45) is 2.19. The summed E-state index contributed by atoms with van der Waals surface area (Å²) in [5, 5.41) is 0. The Kier molecular flexibility index (Phi) is 2.73. The number of hydrogen-bond donors (Lipinski definition) is 0. The molecule has 0 unspecified atom stereocenters. The molecule has 0 N–H and O–H groups in total. The molecule has 2 rings (SSSR count). The molecule has 0 spiro atoms. The van der Waals surface area contributed by atoms with Crippen LogP contribution in [0.4, 0.5) is 4.79 Å². The molecule has 2 fully saturated rings. The molecule has 0 aromatic heterocycles. The largest absolute Gasteiger partial charge is 0.444 e. The summed E-state index contributed by atoms with van der Waals surface area (Å²) in [6, 6.07) is 0.352. The van der Waals surface area contributed by atoms with E-state index in [9.17, 15) is 4.79 Å². The molecular formula is C11H18BrNO2. The Balaban J connectivity index is 1.99. The van der Waals surface area contributed by atoms with E-state index in [1.807, 2.05) is 25.7 Å². The van der Waals surface area contributed by atoms with E-state index >= 15 is 0 Å². The van der Waals surface area contributed by atoms with Gasteiger partial charge in [0.1, 0.15) is 5.60 Å². The first-order chi connectivity index (χ1) is 6.88. The van der Waals surface area contributed by atoms with Crippen molar-refractivity contribution in [1.82, 2.24) is 4.90 Å². The summed E-state index contributed by atoms with van der Waals surface area (Å²) >= 11 is 3.67. The highest BCUT2D eigenvalue weighted by molar-refractivity contribution is 9.09. The standard InChI is InChI=1S/C11H18BrNO2/c1-11(2,3)15-10(14)13-6-7-4-5-8(13)9(7)12/h7-9H,4-6H2,1-3H3/t7-,8-,9-/m1/s1. The molecular weight excluding hydrogens is 258 g/mol. The lowest BCUT2D eigenvalue weighted by molar-refractivity contribution is 0.0192. The highest BCUT2D eigenvalue weighted by Crippen LogP contribution is 2.42. The Labute approximate surface area is 99.3 Å². The minimum atomic E-state index is -0.388. The van der Waals surface area contributed by atoms with E-state index in [4.69, 9.17) is 4.74 Å². The molecule has 1 amide bonds. The number of likely N-dealkylation sites (tertiary alicyclic amines) is 1. The van der Waals surface area contributed by atoms with Crippen molar-refractivity contribution in [1.29, 1.82) is 0 Å². The minimum Gasteiger partial charge on any atom is -0.444 e. The second-order valence-corrected chi connectivity index (χ2v) is 6.54. The molecule has 1 saturated heterocycles.